The Morgan fingerprint density at radius 1 is 1.28 bits per heavy atom. The lowest BCUT2D eigenvalue weighted by Gasteiger charge is -2.21. The van der Waals surface area contributed by atoms with Crippen molar-refractivity contribution in [2.24, 2.45) is 0 Å². The summed E-state index contributed by atoms with van der Waals surface area (Å²) < 4.78 is 2.09. The molecule has 6 heteroatoms. The first-order chi connectivity index (χ1) is 12.0. The zero-order valence-electron chi connectivity index (χ0n) is 16.1. The van der Waals surface area contributed by atoms with Gasteiger partial charge in [-0.05, 0) is 43.8 Å². The summed E-state index contributed by atoms with van der Waals surface area (Å²) in [5.41, 5.74) is 3.68. The van der Waals surface area contributed by atoms with E-state index < -0.39 is 0 Å². The van der Waals surface area contributed by atoms with Gasteiger partial charge in [-0.15, -0.1) is 10.2 Å². The van der Waals surface area contributed by atoms with Crippen molar-refractivity contribution < 1.29 is 4.79 Å². The van der Waals surface area contributed by atoms with Crippen molar-refractivity contribution in [3.8, 4) is 0 Å². The molecular formula is C19H30N4OS. The molecule has 1 aromatic rings. The van der Waals surface area contributed by atoms with E-state index in [0.29, 0.717) is 11.7 Å². The fourth-order valence-corrected chi connectivity index (χ4v) is 3.96. The van der Waals surface area contributed by atoms with Crippen LogP contribution in [0.15, 0.2) is 28.1 Å². The molecule has 0 spiro atoms. The third-order valence-electron chi connectivity index (χ3n) is 4.49. The lowest BCUT2D eigenvalue weighted by atomic mass is 9.92. The van der Waals surface area contributed by atoms with Gasteiger partial charge in [-0.3, -0.25) is 4.79 Å². The van der Waals surface area contributed by atoms with Crippen molar-refractivity contribution in [3.05, 3.63) is 28.7 Å². The van der Waals surface area contributed by atoms with Crippen molar-refractivity contribution >= 4 is 17.7 Å². The van der Waals surface area contributed by atoms with E-state index in [1.165, 1.54) is 22.9 Å². The molecule has 1 amide bonds. The highest BCUT2D eigenvalue weighted by atomic mass is 32.2. The van der Waals surface area contributed by atoms with Gasteiger partial charge in [0.05, 0.1) is 5.75 Å². The average Bonchev–Trinajstić information content (AvgIpc) is 3.03. The predicted molar refractivity (Wildman–Crippen MR) is 104 cm³/mol. The Morgan fingerprint density at radius 3 is 2.64 bits per heavy atom. The molecule has 0 saturated heterocycles. The van der Waals surface area contributed by atoms with Crippen LogP contribution in [-0.4, -0.2) is 26.4 Å². The van der Waals surface area contributed by atoms with Crippen LogP contribution in [0.3, 0.4) is 0 Å². The van der Waals surface area contributed by atoms with Crippen LogP contribution in [0.2, 0.25) is 0 Å². The third kappa shape index (κ3) is 4.75. The van der Waals surface area contributed by atoms with Crippen molar-refractivity contribution in [1.29, 1.82) is 0 Å². The van der Waals surface area contributed by atoms with Gasteiger partial charge in [0.2, 0.25) is 5.91 Å². The third-order valence-corrected chi connectivity index (χ3v) is 5.46. The van der Waals surface area contributed by atoms with Gasteiger partial charge in [0.15, 0.2) is 5.16 Å². The number of aromatic nitrogens is 3. The van der Waals surface area contributed by atoms with Crippen LogP contribution >= 0.6 is 11.8 Å². The van der Waals surface area contributed by atoms with E-state index in [0.717, 1.165) is 48.9 Å². The van der Waals surface area contributed by atoms with E-state index in [1.54, 1.807) is 0 Å². The number of thioether (sulfide) groups is 1. The molecule has 0 fully saturated rings. The van der Waals surface area contributed by atoms with Crippen LogP contribution in [0.1, 0.15) is 72.0 Å². The Labute approximate surface area is 155 Å². The lowest BCUT2D eigenvalue weighted by molar-refractivity contribution is -0.117. The average molecular weight is 363 g/mol. The van der Waals surface area contributed by atoms with E-state index in [9.17, 15) is 4.79 Å². The normalized spacial score (nSPS) is 14.9. The smallest absolute Gasteiger partial charge is 0.234 e. The second-order valence-corrected chi connectivity index (χ2v) is 7.47. The molecule has 5 nitrogen and oxygen atoms in total. The summed E-state index contributed by atoms with van der Waals surface area (Å²) in [6.07, 6.45) is 6.32. The number of amides is 1. The Balaban J connectivity index is 2.04. The molecule has 1 heterocycles. The van der Waals surface area contributed by atoms with Crippen LogP contribution < -0.4 is 5.32 Å². The van der Waals surface area contributed by atoms with Crippen molar-refractivity contribution in [3.63, 3.8) is 0 Å². The maximum Gasteiger partial charge on any atom is 0.234 e. The Morgan fingerprint density at radius 2 is 2.04 bits per heavy atom. The van der Waals surface area contributed by atoms with Gasteiger partial charge in [-0.25, -0.2) is 0 Å². The lowest BCUT2D eigenvalue weighted by Crippen LogP contribution is -2.28. The van der Waals surface area contributed by atoms with Crippen LogP contribution in [0, 0.1) is 0 Å². The van der Waals surface area contributed by atoms with Gasteiger partial charge in [0, 0.05) is 18.2 Å². The number of nitrogens with one attached hydrogen (secondary N) is 1. The van der Waals surface area contributed by atoms with Gasteiger partial charge in [0.25, 0.3) is 0 Å². The number of hydrogen-bond donors (Lipinski definition) is 1. The van der Waals surface area contributed by atoms with Gasteiger partial charge in [-0.2, -0.15) is 0 Å². The molecule has 0 aromatic carbocycles. The number of hydrogen-bond acceptors (Lipinski definition) is 4. The highest BCUT2D eigenvalue weighted by Gasteiger charge is 2.18. The van der Waals surface area contributed by atoms with E-state index >= 15 is 0 Å². The zero-order chi connectivity index (χ0) is 18.4. The molecule has 0 bridgehead atoms. The topological polar surface area (TPSA) is 59.8 Å². The molecule has 1 aliphatic carbocycles. The highest BCUT2D eigenvalue weighted by Crippen LogP contribution is 2.28. The van der Waals surface area contributed by atoms with Crippen LogP contribution in [0.5, 0.6) is 0 Å². The van der Waals surface area contributed by atoms with E-state index in [4.69, 9.17) is 0 Å². The maximum atomic E-state index is 12.5. The molecule has 0 radical (unpaired) electrons. The molecule has 1 aromatic heterocycles. The minimum absolute atomic E-state index is 0.0314. The minimum Gasteiger partial charge on any atom is -0.325 e. The summed E-state index contributed by atoms with van der Waals surface area (Å²) in [6, 6.07) is 0. The molecular weight excluding hydrogens is 332 g/mol. The first kappa shape index (κ1) is 19.8. The van der Waals surface area contributed by atoms with Crippen LogP contribution in [-0.2, 0) is 11.3 Å². The summed E-state index contributed by atoms with van der Waals surface area (Å²) in [5, 5.41) is 12.5. The van der Waals surface area contributed by atoms with Gasteiger partial charge in [0.1, 0.15) is 5.82 Å². The number of carbonyl (C=O) groups excluding carboxylic acids is 1. The molecule has 0 unspecified atom stereocenters. The summed E-state index contributed by atoms with van der Waals surface area (Å²) in [5.74, 6) is 1.69. The number of rotatable bonds is 8. The highest BCUT2D eigenvalue weighted by molar-refractivity contribution is 7.99. The standard InChI is InChI=1S/C19H30N4OS/c1-6-14-10-9-11-15(7-2)17(14)20-16(24)12-25-19-22-21-18(13(4)5)23(19)8-3/h10,13H,6-9,11-12H2,1-5H3,(H,20,24). The first-order valence-electron chi connectivity index (χ1n) is 9.28. The SMILES string of the molecule is CCC1=CCCC(CC)=C1NC(=O)CSc1nnc(C(C)C)n1CC. The summed E-state index contributed by atoms with van der Waals surface area (Å²) in [4.78, 5) is 12.5. The molecule has 25 heavy (non-hydrogen) atoms. The van der Waals surface area contributed by atoms with E-state index in [-0.39, 0.29) is 5.91 Å². The molecule has 2 rings (SSSR count). The zero-order valence-corrected chi connectivity index (χ0v) is 16.9. The fourth-order valence-electron chi connectivity index (χ4n) is 3.15. The maximum absolute atomic E-state index is 12.5. The second kappa shape index (κ2) is 9.22. The number of allylic oxidation sites excluding steroid dienone is 3. The second-order valence-electron chi connectivity index (χ2n) is 6.53. The van der Waals surface area contributed by atoms with Crippen molar-refractivity contribution in [2.75, 3.05) is 5.75 Å². The van der Waals surface area contributed by atoms with Gasteiger partial charge >= 0.3 is 0 Å². The molecule has 0 aliphatic heterocycles. The molecule has 1 aliphatic rings. The Hall–Kier alpha value is -1.56. The van der Waals surface area contributed by atoms with Crippen LogP contribution in [0.4, 0.5) is 0 Å². The van der Waals surface area contributed by atoms with Crippen molar-refractivity contribution in [2.45, 2.75) is 77.9 Å². The Kier molecular flexibility index (Phi) is 7.29. The fraction of sp³-hybridized carbons (Fsp3) is 0.632. The molecule has 0 saturated carbocycles. The van der Waals surface area contributed by atoms with Crippen molar-refractivity contribution in [1.82, 2.24) is 20.1 Å². The molecule has 1 N–H and O–H groups in total. The quantitative estimate of drug-likeness (QED) is 0.695. The van der Waals surface area contributed by atoms with Gasteiger partial charge in [-0.1, -0.05) is 45.5 Å². The molecule has 0 atom stereocenters. The predicted octanol–water partition coefficient (Wildman–Crippen LogP) is 4.42. The largest absolute Gasteiger partial charge is 0.325 e. The Bertz CT molecular complexity index is 673. The minimum atomic E-state index is 0.0314. The number of carbonyl (C=O) groups is 1. The summed E-state index contributed by atoms with van der Waals surface area (Å²) in [7, 11) is 0. The summed E-state index contributed by atoms with van der Waals surface area (Å²) in [6.45, 7) is 11.4. The van der Waals surface area contributed by atoms with E-state index in [2.05, 4.69) is 60.8 Å². The van der Waals surface area contributed by atoms with Crippen LogP contribution in [0.25, 0.3) is 0 Å². The first-order valence-corrected chi connectivity index (χ1v) is 10.3. The summed E-state index contributed by atoms with van der Waals surface area (Å²) >= 11 is 1.46. The molecule has 138 valence electrons. The number of nitrogens with zero attached hydrogens (tertiary/aromatic N) is 3. The monoisotopic (exact) mass is 362 g/mol. The van der Waals surface area contributed by atoms with E-state index in [1.807, 2.05) is 0 Å². The van der Waals surface area contributed by atoms with Gasteiger partial charge < -0.3 is 9.88 Å².